The molecule has 1 saturated carbocycles. The van der Waals surface area contributed by atoms with Gasteiger partial charge in [0.2, 0.25) is 0 Å². The molecular weight excluding hydrogens is 468 g/mol. The molecule has 0 spiro atoms. The maximum absolute atomic E-state index is 12.8. The van der Waals surface area contributed by atoms with Gasteiger partial charge in [0.1, 0.15) is 5.75 Å². The highest BCUT2D eigenvalue weighted by molar-refractivity contribution is 7.93. The Balaban J connectivity index is 1.61. The van der Waals surface area contributed by atoms with Crippen LogP contribution in [-0.2, 0) is 9.84 Å². The topological polar surface area (TPSA) is 129 Å². The van der Waals surface area contributed by atoms with E-state index in [1.165, 1.54) is 30.3 Å². The van der Waals surface area contributed by atoms with Gasteiger partial charge < -0.3 is 25.9 Å². The first kappa shape index (κ1) is 24.1. The minimum atomic E-state index is -3.15. The first-order valence-corrected chi connectivity index (χ1v) is 12.5. The molecule has 1 aliphatic carbocycles. The number of anilines is 2. The highest BCUT2D eigenvalue weighted by atomic mass is 32.2. The number of halogens is 2. The number of carbonyl (C=O) groups excluding carboxylic acids is 1. The Labute approximate surface area is 195 Å². The summed E-state index contributed by atoms with van der Waals surface area (Å²) >= 11 is 0. The van der Waals surface area contributed by atoms with Crippen LogP contribution in [0.3, 0.4) is 0 Å². The molecule has 0 bridgehead atoms. The van der Waals surface area contributed by atoms with Crippen molar-refractivity contribution in [3.8, 4) is 5.75 Å². The van der Waals surface area contributed by atoms with E-state index in [2.05, 4.69) is 15.4 Å². The Kier molecular flexibility index (Phi) is 6.34. The highest BCUT2D eigenvalue weighted by Gasteiger charge is 2.45. The molecule has 2 fully saturated rings. The Morgan fingerprint density at radius 1 is 1.21 bits per heavy atom. The molecule has 1 amide bonds. The van der Waals surface area contributed by atoms with Crippen LogP contribution in [0.15, 0.2) is 42.5 Å². The van der Waals surface area contributed by atoms with Gasteiger partial charge >= 0.3 is 6.61 Å². The molecule has 1 unspecified atom stereocenters. The Morgan fingerprint density at radius 2 is 1.91 bits per heavy atom. The second kappa shape index (κ2) is 8.95. The number of hydrogen-bond acceptors (Lipinski definition) is 7. The van der Waals surface area contributed by atoms with Crippen LogP contribution in [0.2, 0.25) is 0 Å². The van der Waals surface area contributed by atoms with Gasteiger partial charge in [0.15, 0.2) is 9.84 Å². The quantitative estimate of drug-likeness (QED) is 0.398. The van der Waals surface area contributed by atoms with E-state index in [0.29, 0.717) is 11.4 Å². The van der Waals surface area contributed by atoms with Crippen molar-refractivity contribution in [2.75, 3.05) is 16.8 Å². The van der Waals surface area contributed by atoms with Gasteiger partial charge in [-0.3, -0.25) is 4.79 Å². The first-order chi connectivity index (χ1) is 15.9. The zero-order chi connectivity index (χ0) is 24.7. The number of sulfone groups is 1. The molecule has 2 aromatic carbocycles. The Morgan fingerprint density at radius 3 is 2.53 bits per heavy atom. The molecule has 0 radical (unpaired) electrons. The van der Waals surface area contributed by atoms with E-state index >= 15 is 0 Å². The molecule has 0 aromatic heterocycles. The molecule has 8 nitrogen and oxygen atoms in total. The lowest BCUT2D eigenvalue weighted by Gasteiger charge is -2.38. The van der Waals surface area contributed by atoms with Gasteiger partial charge in [0, 0.05) is 28.6 Å². The van der Waals surface area contributed by atoms with Gasteiger partial charge in [-0.2, -0.15) is 8.78 Å². The van der Waals surface area contributed by atoms with E-state index in [9.17, 15) is 27.1 Å². The average molecular weight is 494 g/mol. The number of alkyl halides is 2. The number of nitrogens with one attached hydrogen (secondary N) is 3. The van der Waals surface area contributed by atoms with Gasteiger partial charge in [0.25, 0.3) is 5.91 Å². The number of hydrogen-bond donors (Lipinski definition) is 4. The van der Waals surface area contributed by atoms with Crippen LogP contribution < -0.4 is 15.4 Å². The number of carbonyl (C=O) groups is 1. The van der Waals surface area contributed by atoms with Crippen molar-refractivity contribution in [3.63, 3.8) is 0 Å². The third kappa shape index (κ3) is 5.53. The summed E-state index contributed by atoms with van der Waals surface area (Å²) in [6, 6.07) is 10.4. The number of aliphatic hydroxyl groups is 1. The largest absolute Gasteiger partial charge is 0.435 e. The summed E-state index contributed by atoms with van der Waals surface area (Å²) in [5.74, 6) is -0.864. The van der Waals surface area contributed by atoms with Crippen molar-refractivity contribution in [2.24, 2.45) is 5.92 Å². The van der Waals surface area contributed by atoms with Crippen molar-refractivity contribution in [2.45, 2.75) is 38.0 Å². The second-order valence-electron chi connectivity index (χ2n) is 9.03. The molecule has 4 rings (SSSR count). The summed E-state index contributed by atoms with van der Waals surface area (Å²) in [7, 11) is -3.15. The number of amides is 1. The molecule has 182 valence electrons. The number of rotatable bonds is 9. The van der Waals surface area contributed by atoms with Crippen molar-refractivity contribution in [1.82, 2.24) is 5.32 Å². The minimum Gasteiger partial charge on any atom is -0.435 e. The molecule has 4 N–H and O–H groups in total. The van der Waals surface area contributed by atoms with Gasteiger partial charge in [0.05, 0.1) is 28.9 Å². The van der Waals surface area contributed by atoms with Crippen molar-refractivity contribution in [1.29, 1.82) is 5.41 Å². The van der Waals surface area contributed by atoms with Crippen LogP contribution >= 0.6 is 0 Å². The number of benzene rings is 2. The van der Waals surface area contributed by atoms with Crippen LogP contribution in [0.4, 0.5) is 20.2 Å². The van der Waals surface area contributed by atoms with E-state index < -0.39 is 34.0 Å². The smallest absolute Gasteiger partial charge is 0.387 e. The lowest BCUT2D eigenvalue weighted by atomic mass is 9.97. The summed E-state index contributed by atoms with van der Waals surface area (Å²) in [5, 5.41) is 24.9. The van der Waals surface area contributed by atoms with E-state index in [0.717, 1.165) is 12.8 Å². The molecule has 1 atom stereocenters. The Hall–Kier alpha value is -3.05. The van der Waals surface area contributed by atoms with Crippen LogP contribution in [0, 0.1) is 11.3 Å². The number of aliphatic hydroxyl groups excluding tert-OH is 1. The lowest BCUT2D eigenvalue weighted by molar-refractivity contribution is -0.0498. The third-order valence-corrected chi connectivity index (χ3v) is 7.92. The molecular formula is C23H25F2N3O5S. The van der Waals surface area contributed by atoms with Crippen LogP contribution in [0.5, 0.6) is 5.75 Å². The first-order valence-electron chi connectivity index (χ1n) is 10.7. The molecule has 2 aliphatic rings. The third-order valence-electron chi connectivity index (χ3n) is 5.77. The maximum Gasteiger partial charge on any atom is 0.387 e. The van der Waals surface area contributed by atoms with E-state index in [1.54, 1.807) is 19.1 Å². The van der Waals surface area contributed by atoms with Crippen LogP contribution in [0.25, 0.3) is 0 Å². The molecule has 2 aromatic rings. The van der Waals surface area contributed by atoms with Crippen molar-refractivity contribution < 1.29 is 31.8 Å². The lowest BCUT2D eigenvalue weighted by Crippen LogP contribution is -2.63. The maximum atomic E-state index is 12.8. The summed E-state index contributed by atoms with van der Waals surface area (Å²) in [6.45, 7) is -1.33. The van der Waals surface area contributed by atoms with Crippen LogP contribution in [-0.4, -0.2) is 54.9 Å². The molecule has 1 heterocycles. The average Bonchev–Trinajstić information content (AvgIpc) is 3.56. The molecule has 1 aliphatic heterocycles. The summed E-state index contributed by atoms with van der Waals surface area (Å²) in [6.07, 6.45) is 0.584. The second-order valence-corrected chi connectivity index (χ2v) is 11.1. The van der Waals surface area contributed by atoms with E-state index in [4.69, 9.17) is 5.41 Å². The van der Waals surface area contributed by atoms with Gasteiger partial charge in [-0.1, -0.05) is 6.07 Å². The zero-order valence-corrected chi connectivity index (χ0v) is 19.2. The summed E-state index contributed by atoms with van der Waals surface area (Å²) in [5.41, 5.74) is 0.355. The summed E-state index contributed by atoms with van der Waals surface area (Å²) < 4.78 is 52.6. The predicted octanol–water partition coefficient (Wildman–Crippen LogP) is 3.09. The summed E-state index contributed by atoms with van der Waals surface area (Å²) in [4.78, 5) is 12.8. The molecule has 34 heavy (non-hydrogen) atoms. The highest BCUT2D eigenvalue weighted by Crippen LogP contribution is 2.36. The zero-order valence-electron chi connectivity index (χ0n) is 18.3. The van der Waals surface area contributed by atoms with Gasteiger partial charge in [-0.05, 0) is 56.0 Å². The Bertz CT molecular complexity index is 1220. The fourth-order valence-electron chi connectivity index (χ4n) is 4.08. The fraction of sp³-hybridized carbons (Fsp3) is 0.391. The van der Waals surface area contributed by atoms with Crippen molar-refractivity contribution in [3.05, 3.63) is 53.6 Å². The standard InChI is InChI=1S/C23H25F2N3O5S/c1-23(11-34(31,32)12-23)28-21(30)14-7-8-18(17(9-14)19(26)20(29)13-5-6-13)27-15-3-2-4-16(10-15)33-22(24)25/h2-4,7-10,13,20,22,26-27,29H,5-6,11-12H2,1H3,(H,28,30). The monoisotopic (exact) mass is 493 g/mol. The SMILES string of the molecule is CC1(NC(=O)c2ccc(Nc3cccc(OC(F)F)c3)c(C(=N)C(O)C3CC3)c2)CS(=O)(=O)C1. The van der Waals surface area contributed by atoms with Gasteiger partial charge in [-0.15, -0.1) is 0 Å². The van der Waals surface area contributed by atoms with Gasteiger partial charge in [-0.25, -0.2) is 8.42 Å². The minimum absolute atomic E-state index is 0.0281. The van der Waals surface area contributed by atoms with Crippen LogP contribution in [0.1, 0.15) is 35.7 Å². The van der Waals surface area contributed by atoms with Crippen molar-refractivity contribution >= 4 is 32.8 Å². The molecule has 1 saturated heterocycles. The van der Waals surface area contributed by atoms with E-state index in [1.807, 2.05) is 0 Å². The fourth-order valence-corrected chi connectivity index (χ4v) is 6.08. The number of ether oxygens (including phenoxy) is 1. The predicted molar refractivity (Wildman–Crippen MR) is 123 cm³/mol. The molecule has 11 heteroatoms. The van der Waals surface area contributed by atoms with E-state index in [-0.39, 0.29) is 40.0 Å². The normalized spacial score (nSPS) is 19.1.